The molecule has 2 rings (SSSR count). The van der Waals surface area contributed by atoms with Gasteiger partial charge in [-0.3, -0.25) is 9.69 Å². The molecule has 1 aromatic rings. The van der Waals surface area contributed by atoms with Crippen LogP contribution in [0.4, 0.5) is 10.5 Å². The number of hydrogen-bond donors (Lipinski definition) is 1. The number of anilines is 1. The van der Waals surface area contributed by atoms with Gasteiger partial charge in [-0.25, -0.2) is 4.79 Å². The average Bonchev–Trinajstić information content (AvgIpc) is 2.66. The van der Waals surface area contributed by atoms with Crippen LogP contribution in [-0.2, 0) is 4.79 Å². The molecule has 1 aliphatic heterocycles. The molecule has 0 atom stereocenters. The first-order valence-electron chi connectivity index (χ1n) is 5.22. The lowest BCUT2D eigenvalue weighted by atomic mass is 10.3. The summed E-state index contributed by atoms with van der Waals surface area (Å²) in [5.41, 5.74) is 0.303. The average molecular weight is 318 g/mol. The Morgan fingerprint density at radius 2 is 2.05 bits per heavy atom. The van der Waals surface area contributed by atoms with Crippen molar-refractivity contribution < 1.29 is 9.59 Å². The molecule has 100 valence electrons. The largest absolute Gasteiger partial charge is 0.347 e. The quantitative estimate of drug-likeness (QED) is 0.865. The van der Waals surface area contributed by atoms with Crippen molar-refractivity contribution in [2.45, 2.75) is 0 Å². The van der Waals surface area contributed by atoms with Crippen molar-refractivity contribution in [1.29, 1.82) is 0 Å². The number of amidine groups is 1. The Kier molecular flexibility index (Phi) is 4.34. The topological polar surface area (TPSA) is 61.8 Å². The second-order valence-electron chi connectivity index (χ2n) is 3.66. The molecule has 1 fully saturated rings. The normalized spacial score (nSPS) is 17.1. The fraction of sp³-hybridized carbons (Fsp3) is 0.182. The van der Waals surface area contributed by atoms with Gasteiger partial charge in [0, 0.05) is 7.05 Å². The van der Waals surface area contributed by atoms with E-state index in [0.29, 0.717) is 20.9 Å². The number of aliphatic imine (C=N–C) groups is 1. The predicted octanol–water partition coefficient (Wildman–Crippen LogP) is 3.09. The van der Waals surface area contributed by atoms with E-state index in [-0.39, 0.29) is 11.7 Å². The second kappa shape index (κ2) is 5.81. The number of nitrogens with zero attached hydrogens (tertiary/aromatic N) is 2. The van der Waals surface area contributed by atoms with E-state index in [4.69, 9.17) is 23.2 Å². The van der Waals surface area contributed by atoms with Crippen molar-refractivity contribution >= 4 is 57.8 Å². The van der Waals surface area contributed by atoms with E-state index in [9.17, 15) is 9.59 Å². The third kappa shape index (κ3) is 3.20. The number of amides is 3. The molecule has 0 spiro atoms. The van der Waals surface area contributed by atoms with Crippen LogP contribution in [0.2, 0.25) is 10.0 Å². The van der Waals surface area contributed by atoms with Crippen molar-refractivity contribution in [3.63, 3.8) is 0 Å². The highest BCUT2D eigenvalue weighted by Crippen LogP contribution is 2.30. The fourth-order valence-electron chi connectivity index (χ4n) is 1.37. The number of para-hydroxylation sites is 1. The maximum Gasteiger partial charge on any atom is 0.347 e. The minimum atomic E-state index is -0.626. The Hall–Kier alpha value is -1.24. The Morgan fingerprint density at radius 3 is 2.58 bits per heavy atom. The van der Waals surface area contributed by atoms with Gasteiger partial charge in [-0.2, -0.15) is 4.99 Å². The van der Waals surface area contributed by atoms with Gasteiger partial charge in [0.25, 0.3) is 0 Å². The Labute approximate surface area is 124 Å². The van der Waals surface area contributed by atoms with Crippen molar-refractivity contribution in [1.82, 2.24) is 4.90 Å². The number of nitrogens with one attached hydrogen (secondary N) is 1. The number of halogens is 2. The van der Waals surface area contributed by atoms with Crippen LogP contribution >= 0.6 is 35.0 Å². The van der Waals surface area contributed by atoms with Crippen LogP contribution in [-0.4, -0.2) is 34.8 Å². The van der Waals surface area contributed by atoms with Gasteiger partial charge in [-0.1, -0.05) is 41.0 Å². The van der Waals surface area contributed by atoms with E-state index < -0.39 is 6.03 Å². The lowest BCUT2D eigenvalue weighted by Gasteiger charge is -2.09. The van der Waals surface area contributed by atoms with Gasteiger partial charge in [0.2, 0.25) is 5.91 Å². The SMILES string of the molecule is CN1C(=O)CS/C1=N/C(=O)Nc1c(Cl)cccc1Cl. The number of benzene rings is 1. The first-order chi connectivity index (χ1) is 8.99. The number of hydrogen-bond acceptors (Lipinski definition) is 3. The molecule has 1 aromatic carbocycles. The third-order valence-corrected chi connectivity index (χ3v) is 4.02. The van der Waals surface area contributed by atoms with E-state index in [0.717, 1.165) is 0 Å². The third-order valence-electron chi connectivity index (χ3n) is 2.38. The summed E-state index contributed by atoms with van der Waals surface area (Å²) in [6, 6.07) is 4.26. The summed E-state index contributed by atoms with van der Waals surface area (Å²) in [6.45, 7) is 0. The Morgan fingerprint density at radius 1 is 1.42 bits per heavy atom. The van der Waals surface area contributed by atoms with E-state index in [1.807, 2.05) is 0 Å². The highest BCUT2D eigenvalue weighted by Gasteiger charge is 2.25. The molecule has 5 nitrogen and oxygen atoms in total. The molecule has 8 heteroatoms. The summed E-state index contributed by atoms with van der Waals surface area (Å²) in [7, 11) is 1.57. The molecule has 0 bridgehead atoms. The Bertz CT molecular complexity index is 557. The molecule has 0 saturated carbocycles. The van der Waals surface area contributed by atoms with Crippen LogP contribution in [0.1, 0.15) is 0 Å². The fourth-order valence-corrected chi connectivity index (χ4v) is 2.75. The zero-order valence-corrected chi connectivity index (χ0v) is 12.1. The van der Waals surface area contributed by atoms with Crippen LogP contribution in [0.5, 0.6) is 0 Å². The van der Waals surface area contributed by atoms with Gasteiger partial charge in [-0.05, 0) is 12.1 Å². The number of rotatable bonds is 1. The second-order valence-corrected chi connectivity index (χ2v) is 5.42. The Balaban J connectivity index is 2.14. The van der Waals surface area contributed by atoms with Gasteiger partial charge in [0.05, 0.1) is 21.5 Å². The number of thioether (sulfide) groups is 1. The van der Waals surface area contributed by atoms with Gasteiger partial charge < -0.3 is 5.32 Å². The summed E-state index contributed by atoms with van der Waals surface area (Å²) in [6.07, 6.45) is 0. The predicted molar refractivity (Wildman–Crippen MR) is 78.1 cm³/mol. The van der Waals surface area contributed by atoms with Gasteiger partial charge in [0.1, 0.15) is 0 Å². The van der Waals surface area contributed by atoms with Crippen LogP contribution < -0.4 is 5.32 Å². The molecular weight excluding hydrogens is 309 g/mol. The zero-order valence-electron chi connectivity index (χ0n) is 9.81. The lowest BCUT2D eigenvalue weighted by molar-refractivity contribution is -0.123. The number of urea groups is 1. The molecule has 0 unspecified atom stereocenters. The summed E-state index contributed by atoms with van der Waals surface area (Å²) in [5, 5.41) is 3.50. The first kappa shape index (κ1) is 14.2. The van der Waals surface area contributed by atoms with Crippen LogP contribution in [0, 0.1) is 0 Å². The van der Waals surface area contributed by atoms with Crippen LogP contribution in [0.25, 0.3) is 0 Å². The van der Waals surface area contributed by atoms with Crippen molar-refractivity contribution in [2.24, 2.45) is 4.99 Å². The zero-order chi connectivity index (χ0) is 14.0. The van der Waals surface area contributed by atoms with Crippen molar-refractivity contribution in [3.05, 3.63) is 28.2 Å². The molecule has 1 aliphatic rings. The first-order valence-corrected chi connectivity index (χ1v) is 6.96. The smallest absolute Gasteiger partial charge is 0.303 e. The number of carbonyl (C=O) groups is 2. The van der Waals surface area contributed by atoms with Gasteiger partial charge in [-0.15, -0.1) is 0 Å². The molecule has 3 amide bonds. The maximum absolute atomic E-state index is 11.8. The summed E-state index contributed by atoms with van der Waals surface area (Å²) < 4.78 is 0. The molecular formula is C11H9Cl2N3O2S. The highest BCUT2D eigenvalue weighted by molar-refractivity contribution is 8.15. The molecule has 1 saturated heterocycles. The highest BCUT2D eigenvalue weighted by atomic mass is 35.5. The summed E-state index contributed by atoms with van der Waals surface area (Å²) >= 11 is 13.1. The molecule has 0 radical (unpaired) electrons. The summed E-state index contributed by atoms with van der Waals surface area (Å²) in [5.74, 6) is 0.197. The molecule has 1 heterocycles. The molecule has 1 N–H and O–H groups in total. The standard InChI is InChI=1S/C11H9Cl2N3O2S/c1-16-8(17)5-19-11(16)15-10(18)14-9-6(12)3-2-4-7(9)13/h2-4H,5H2,1H3,(H,14,18)/b15-11+. The van der Waals surface area contributed by atoms with Crippen molar-refractivity contribution in [3.8, 4) is 0 Å². The minimum absolute atomic E-state index is 0.0904. The number of carbonyl (C=O) groups excluding carboxylic acids is 2. The van der Waals surface area contributed by atoms with E-state index in [2.05, 4.69) is 10.3 Å². The minimum Gasteiger partial charge on any atom is -0.303 e. The molecule has 0 aliphatic carbocycles. The molecule has 19 heavy (non-hydrogen) atoms. The maximum atomic E-state index is 11.8. The van der Waals surface area contributed by atoms with Gasteiger partial charge in [0.15, 0.2) is 5.17 Å². The van der Waals surface area contributed by atoms with Crippen LogP contribution in [0.3, 0.4) is 0 Å². The van der Waals surface area contributed by atoms with Crippen LogP contribution in [0.15, 0.2) is 23.2 Å². The summed E-state index contributed by atoms with van der Waals surface area (Å²) in [4.78, 5) is 28.2. The van der Waals surface area contributed by atoms with Crippen molar-refractivity contribution in [2.75, 3.05) is 18.1 Å². The van der Waals surface area contributed by atoms with E-state index >= 15 is 0 Å². The van der Waals surface area contributed by atoms with E-state index in [1.54, 1.807) is 25.2 Å². The van der Waals surface area contributed by atoms with Gasteiger partial charge >= 0.3 is 6.03 Å². The van der Waals surface area contributed by atoms with E-state index in [1.165, 1.54) is 16.7 Å². The lowest BCUT2D eigenvalue weighted by Crippen LogP contribution is -2.25. The molecule has 0 aromatic heterocycles. The monoisotopic (exact) mass is 317 g/mol.